The van der Waals surface area contributed by atoms with Crippen LogP contribution in [0.5, 0.6) is 0 Å². The average molecular weight is 448 g/mol. The molecule has 1 heterocycles. The topological polar surface area (TPSA) is 27.6 Å². The fourth-order valence-electron chi connectivity index (χ4n) is 4.33. The smallest absolute Gasteiger partial charge is 0.0664 e. The van der Waals surface area contributed by atoms with E-state index in [2.05, 4.69) is 93.9 Å². The maximum Gasteiger partial charge on any atom is 0.0664 e. The molecule has 1 unspecified atom stereocenters. The van der Waals surface area contributed by atoms with Crippen molar-refractivity contribution in [1.29, 1.82) is 0 Å². The Hall–Kier alpha value is -2.39. The van der Waals surface area contributed by atoms with Crippen LogP contribution in [0.4, 0.5) is 5.69 Å². The number of aryl methyl sites for hydroxylation is 2. The summed E-state index contributed by atoms with van der Waals surface area (Å²) in [4.78, 5) is 7.22. The molecule has 1 atom stereocenters. The molecule has 1 fully saturated rings. The maximum absolute atomic E-state index is 4.76. The van der Waals surface area contributed by atoms with Gasteiger partial charge in [-0.3, -0.25) is 4.99 Å². The fourth-order valence-corrected chi connectivity index (χ4v) is 4.33. The number of nitrogens with one attached hydrogen (secondary N) is 1. The van der Waals surface area contributed by atoms with Gasteiger partial charge >= 0.3 is 0 Å². The maximum atomic E-state index is 4.76. The molecule has 1 saturated heterocycles. The fraction of sp³-hybridized carbons (Fsp3) is 0.500. The van der Waals surface area contributed by atoms with Crippen LogP contribution in [0.1, 0.15) is 76.5 Å². The van der Waals surface area contributed by atoms with Crippen molar-refractivity contribution in [3.05, 3.63) is 77.5 Å². The zero-order chi connectivity index (χ0) is 24.1. The standard InChI is InChI=1S/C17H19N.C13H26N2/c1-4-15-9-5-6-11-17(15)18-14(3)16-10-7-8-13(2)12-16;1-4-10-15(11-5-2)12(3)13-8-6-7-9-14-13/h5-12H,4H2,1-3H3;13-14H,3-11H2,1-2H3. The number of para-hydroxylation sites is 1. The van der Waals surface area contributed by atoms with Crippen LogP contribution in [0, 0.1) is 6.92 Å². The van der Waals surface area contributed by atoms with Crippen molar-refractivity contribution in [3.8, 4) is 0 Å². The van der Waals surface area contributed by atoms with Crippen LogP contribution in [0.15, 0.2) is 65.8 Å². The minimum Gasteiger partial charge on any atom is -0.374 e. The number of piperidine rings is 1. The number of rotatable bonds is 9. The molecule has 3 nitrogen and oxygen atoms in total. The lowest BCUT2D eigenvalue weighted by molar-refractivity contribution is 0.290. The van der Waals surface area contributed by atoms with E-state index in [0.29, 0.717) is 6.04 Å². The summed E-state index contributed by atoms with van der Waals surface area (Å²) in [6.45, 7) is 18.6. The molecule has 3 rings (SSSR count). The van der Waals surface area contributed by atoms with Gasteiger partial charge in [-0.2, -0.15) is 0 Å². The van der Waals surface area contributed by atoms with Gasteiger partial charge in [0.15, 0.2) is 0 Å². The first-order valence-corrected chi connectivity index (χ1v) is 12.9. The highest BCUT2D eigenvalue weighted by Crippen LogP contribution is 2.21. The van der Waals surface area contributed by atoms with Gasteiger partial charge in [-0.1, -0.05) is 81.8 Å². The van der Waals surface area contributed by atoms with E-state index in [1.807, 2.05) is 6.07 Å². The Morgan fingerprint density at radius 3 is 2.36 bits per heavy atom. The van der Waals surface area contributed by atoms with Crippen molar-refractivity contribution in [2.75, 3.05) is 19.6 Å². The second-order valence-corrected chi connectivity index (χ2v) is 9.03. The summed E-state index contributed by atoms with van der Waals surface area (Å²) in [7, 11) is 0. The highest BCUT2D eigenvalue weighted by atomic mass is 15.2. The predicted molar refractivity (Wildman–Crippen MR) is 146 cm³/mol. The van der Waals surface area contributed by atoms with Crippen LogP contribution in [-0.2, 0) is 6.42 Å². The van der Waals surface area contributed by atoms with Crippen LogP contribution in [-0.4, -0.2) is 36.3 Å². The van der Waals surface area contributed by atoms with Crippen LogP contribution < -0.4 is 5.32 Å². The molecule has 2 aromatic rings. The minimum absolute atomic E-state index is 0.539. The largest absolute Gasteiger partial charge is 0.374 e. The second-order valence-electron chi connectivity index (χ2n) is 9.03. The minimum atomic E-state index is 0.539. The SMILES string of the molecule is C=C(C1CCCCN1)N(CCC)CCC.CCc1ccccc1N=C(C)c1cccc(C)c1. The number of hydrogen-bond acceptors (Lipinski definition) is 3. The summed E-state index contributed by atoms with van der Waals surface area (Å²) < 4.78 is 0. The summed E-state index contributed by atoms with van der Waals surface area (Å²) in [5.41, 5.74) is 7.23. The second kappa shape index (κ2) is 14.7. The third-order valence-electron chi connectivity index (χ3n) is 6.20. The first kappa shape index (κ1) is 26.9. The number of aliphatic imine (C=N–C) groups is 1. The molecule has 0 aromatic heterocycles. The molecule has 3 heteroatoms. The average Bonchev–Trinajstić information content (AvgIpc) is 2.85. The van der Waals surface area contributed by atoms with Gasteiger partial charge in [0.2, 0.25) is 0 Å². The van der Waals surface area contributed by atoms with E-state index in [1.54, 1.807) is 0 Å². The van der Waals surface area contributed by atoms with Crippen molar-refractivity contribution in [2.24, 2.45) is 4.99 Å². The molecule has 0 aliphatic carbocycles. The van der Waals surface area contributed by atoms with Crippen molar-refractivity contribution in [2.45, 2.75) is 79.2 Å². The zero-order valence-corrected chi connectivity index (χ0v) is 21.7. The Labute approximate surface area is 203 Å². The highest BCUT2D eigenvalue weighted by Gasteiger charge is 2.19. The molecule has 1 aliphatic heterocycles. The van der Waals surface area contributed by atoms with Gasteiger partial charge in [0.05, 0.1) is 5.69 Å². The van der Waals surface area contributed by atoms with Gasteiger partial charge in [0.1, 0.15) is 0 Å². The van der Waals surface area contributed by atoms with E-state index in [-0.39, 0.29) is 0 Å². The monoisotopic (exact) mass is 447 g/mol. The van der Waals surface area contributed by atoms with E-state index in [0.717, 1.165) is 37.5 Å². The van der Waals surface area contributed by atoms with Crippen LogP contribution >= 0.6 is 0 Å². The zero-order valence-electron chi connectivity index (χ0n) is 21.7. The molecule has 0 radical (unpaired) electrons. The normalized spacial score (nSPS) is 16.0. The molecule has 33 heavy (non-hydrogen) atoms. The summed E-state index contributed by atoms with van der Waals surface area (Å²) in [5.74, 6) is 0. The van der Waals surface area contributed by atoms with Crippen molar-refractivity contribution >= 4 is 11.4 Å². The Morgan fingerprint density at radius 1 is 1.03 bits per heavy atom. The summed E-state index contributed by atoms with van der Waals surface area (Å²) in [5, 5.41) is 3.57. The molecular weight excluding hydrogens is 402 g/mol. The number of benzene rings is 2. The molecular formula is C30H45N3. The van der Waals surface area contributed by atoms with E-state index >= 15 is 0 Å². The lowest BCUT2D eigenvalue weighted by Crippen LogP contribution is -2.41. The lowest BCUT2D eigenvalue weighted by Gasteiger charge is -2.34. The summed E-state index contributed by atoms with van der Waals surface area (Å²) in [6, 6.07) is 17.3. The predicted octanol–water partition coefficient (Wildman–Crippen LogP) is 7.46. The molecule has 0 saturated carbocycles. The number of nitrogens with zero attached hydrogens (tertiary/aromatic N) is 2. The first-order chi connectivity index (χ1) is 16.0. The van der Waals surface area contributed by atoms with Crippen molar-refractivity contribution < 1.29 is 0 Å². The molecule has 0 bridgehead atoms. The Bertz CT molecular complexity index is 872. The molecule has 0 spiro atoms. The quantitative estimate of drug-likeness (QED) is 0.404. The Kier molecular flexibility index (Phi) is 12.0. The Balaban J connectivity index is 0.000000238. The molecule has 2 aromatic carbocycles. The van der Waals surface area contributed by atoms with Crippen LogP contribution in [0.3, 0.4) is 0 Å². The highest BCUT2D eigenvalue weighted by molar-refractivity contribution is 6.00. The third-order valence-corrected chi connectivity index (χ3v) is 6.20. The number of hydrogen-bond donors (Lipinski definition) is 1. The molecule has 1 N–H and O–H groups in total. The Morgan fingerprint density at radius 2 is 1.76 bits per heavy atom. The molecule has 0 amide bonds. The van der Waals surface area contributed by atoms with Crippen LogP contribution in [0.2, 0.25) is 0 Å². The van der Waals surface area contributed by atoms with Gasteiger partial charge in [0.25, 0.3) is 0 Å². The molecule has 1 aliphatic rings. The van der Waals surface area contributed by atoms with Gasteiger partial charge in [-0.15, -0.1) is 0 Å². The van der Waals surface area contributed by atoms with Crippen molar-refractivity contribution in [3.63, 3.8) is 0 Å². The summed E-state index contributed by atoms with van der Waals surface area (Å²) >= 11 is 0. The van der Waals surface area contributed by atoms with Gasteiger partial charge in [-0.05, 0) is 69.7 Å². The summed E-state index contributed by atoms with van der Waals surface area (Å²) in [6.07, 6.45) is 7.38. The van der Waals surface area contributed by atoms with E-state index < -0.39 is 0 Å². The molecule has 180 valence electrons. The van der Waals surface area contributed by atoms with E-state index in [4.69, 9.17) is 4.99 Å². The van der Waals surface area contributed by atoms with Gasteiger partial charge in [-0.25, -0.2) is 0 Å². The van der Waals surface area contributed by atoms with Gasteiger partial charge in [0, 0.05) is 30.5 Å². The van der Waals surface area contributed by atoms with Crippen molar-refractivity contribution in [1.82, 2.24) is 10.2 Å². The third kappa shape index (κ3) is 8.81. The van der Waals surface area contributed by atoms with E-state index in [1.165, 1.54) is 54.5 Å². The van der Waals surface area contributed by atoms with Crippen LogP contribution in [0.25, 0.3) is 0 Å². The van der Waals surface area contributed by atoms with Gasteiger partial charge < -0.3 is 10.2 Å². The lowest BCUT2D eigenvalue weighted by atomic mass is 10.0. The van der Waals surface area contributed by atoms with E-state index in [9.17, 15) is 0 Å². The first-order valence-electron chi connectivity index (χ1n) is 12.9.